The van der Waals surface area contributed by atoms with Gasteiger partial charge in [0.15, 0.2) is 11.5 Å². The van der Waals surface area contributed by atoms with Crippen LogP contribution in [0.1, 0.15) is 16.7 Å². The number of hydrogen-bond donors (Lipinski definition) is 0. The first-order valence-corrected chi connectivity index (χ1v) is 8.20. The second kappa shape index (κ2) is 6.71. The third-order valence-electron chi connectivity index (χ3n) is 4.16. The van der Waals surface area contributed by atoms with E-state index in [4.69, 9.17) is 9.47 Å². The summed E-state index contributed by atoms with van der Waals surface area (Å²) in [7, 11) is 3.33. The minimum atomic E-state index is 0.752. The number of fused-ring (bicyclic) bond motifs is 1. The molecule has 3 rings (SSSR count). The molecule has 2 aromatic carbocycles. The van der Waals surface area contributed by atoms with Crippen molar-refractivity contribution in [3.63, 3.8) is 0 Å². The summed E-state index contributed by atoms with van der Waals surface area (Å²) in [5.74, 6) is 1.53. The van der Waals surface area contributed by atoms with Crippen molar-refractivity contribution in [2.45, 2.75) is 19.5 Å². The molecule has 0 amide bonds. The molecule has 0 fully saturated rings. The first-order valence-electron chi connectivity index (χ1n) is 7.41. The summed E-state index contributed by atoms with van der Waals surface area (Å²) in [5.41, 5.74) is 4.13. The fraction of sp³-hybridized carbons (Fsp3) is 0.333. The average Bonchev–Trinajstić information content (AvgIpc) is 2.56. The first kappa shape index (κ1) is 15.4. The van der Waals surface area contributed by atoms with Gasteiger partial charge in [-0.2, -0.15) is 0 Å². The summed E-state index contributed by atoms with van der Waals surface area (Å²) in [5, 5.41) is 0. The van der Waals surface area contributed by atoms with Gasteiger partial charge in [0.05, 0.1) is 14.2 Å². The van der Waals surface area contributed by atoms with E-state index in [1.807, 2.05) is 6.07 Å². The number of rotatable bonds is 4. The van der Waals surface area contributed by atoms with Crippen molar-refractivity contribution < 1.29 is 9.47 Å². The highest BCUT2D eigenvalue weighted by Gasteiger charge is 2.18. The molecule has 0 N–H and O–H groups in total. The molecular weight excluding hydrogens is 342 g/mol. The Morgan fingerprint density at radius 3 is 2.45 bits per heavy atom. The number of ether oxygens (including phenoxy) is 2. The van der Waals surface area contributed by atoms with Gasteiger partial charge in [0, 0.05) is 24.1 Å². The van der Waals surface area contributed by atoms with Crippen LogP contribution in [0.3, 0.4) is 0 Å². The highest BCUT2D eigenvalue weighted by atomic mass is 79.9. The van der Waals surface area contributed by atoms with Crippen molar-refractivity contribution >= 4 is 15.9 Å². The lowest BCUT2D eigenvalue weighted by Gasteiger charge is -2.29. The summed E-state index contributed by atoms with van der Waals surface area (Å²) < 4.78 is 11.8. The Morgan fingerprint density at radius 2 is 1.73 bits per heavy atom. The van der Waals surface area contributed by atoms with Gasteiger partial charge in [-0.3, -0.25) is 4.90 Å². The van der Waals surface area contributed by atoms with Crippen molar-refractivity contribution in [1.29, 1.82) is 0 Å². The van der Waals surface area contributed by atoms with Gasteiger partial charge in [-0.25, -0.2) is 0 Å². The molecule has 0 unspecified atom stereocenters. The van der Waals surface area contributed by atoms with Gasteiger partial charge in [-0.15, -0.1) is 0 Å². The number of hydrogen-bond acceptors (Lipinski definition) is 3. The summed E-state index contributed by atoms with van der Waals surface area (Å²) in [6.45, 7) is 2.98. The smallest absolute Gasteiger partial charge is 0.161 e. The second-order valence-corrected chi connectivity index (χ2v) is 6.38. The van der Waals surface area contributed by atoms with Crippen molar-refractivity contribution in [2.24, 2.45) is 0 Å². The van der Waals surface area contributed by atoms with Crippen LogP contribution >= 0.6 is 15.9 Å². The standard InChI is InChI=1S/C18H20BrNO2/c1-21-17-9-15(16(19)10-18(17)22-2)12-20-8-7-13-5-3-4-6-14(13)11-20/h3-6,9-10H,7-8,11-12H2,1-2H3. The predicted octanol–water partition coefficient (Wildman–Crippen LogP) is 4.02. The van der Waals surface area contributed by atoms with E-state index in [1.54, 1.807) is 14.2 Å². The van der Waals surface area contributed by atoms with Gasteiger partial charge in [-0.1, -0.05) is 40.2 Å². The Balaban J connectivity index is 1.79. The zero-order valence-corrected chi connectivity index (χ0v) is 14.5. The van der Waals surface area contributed by atoms with E-state index in [2.05, 4.69) is 51.2 Å². The molecular formula is C18H20BrNO2. The highest BCUT2D eigenvalue weighted by Crippen LogP contribution is 2.34. The minimum absolute atomic E-state index is 0.752. The van der Waals surface area contributed by atoms with E-state index >= 15 is 0 Å². The molecule has 0 aliphatic carbocycles. The molecule has 0 radical (unpaired) electrons. The third-order valence-corrected chi connectivity index (χ3v) is 4.89. The molecule has 22 heavy (non-hydrogen) atoms. The van der Waals surface area contributed by atoms with Gasteiger partial charge < -0.3 is 9.47 Å². The van der Waals surface area contributed by atoms with Crippen LogP contribution < -0.4 is 9.47 Å². The predicted molar refractivity (Wildman–Crippen MR) is 91.5 cm³/mol. The summed E-state index contributed by atoms with van der Waals surface area (Å²) >= 11 is 3.65. The Labute approximate surface area is 140 Å². The van der Waals surface area contributed by atoms with Gasteiger partial charge >= 0.3 is 0 Å². The molecule has 0 aromatic heterocycles. The fourth-order valence-corrected chi connectivity index (χ4v) is 3.40. The maximum absolute atomic E-state index is 5.41. The van der Waals surface area contributed by atoms with E-state index in [9.17, 15) is 0 Å². The van der Waals surface area contributed by atoms with E-state index in [0.29, 0.717) is 0 Å². The van der Waals surface area contributed by atoms with Crippen molar-refractivity contribution in [3.05, 3.63) is 57.6 Å². The van der Waals surface area contributed by atoms with Crippen LogP contribution in [-0.4, -0.2) is 25.7 Å². The molecule has 4 heteroatoms. The lowest BCUT2D eigenvalue weighted by atomic mass is 9.99. The molecule has 0 saturated heterocycles. The Bertz CT molecular complexity index is 672. The number of halogens is 1. The van der Waals surface area contributed by atoms with E-state index in [-0.39, 0.29) is 0 Å². The molecule has 0 bridgehead atoms. The number of methoxy groups -OCH3 is 2. The molecule has 116 valence electrons. The topological polar surface area (TPSA) is 21.7 Å². The fourth-order valence-electron chi connectivity index (χ4n) is 2.95. The Hall–Kier alpha value is -1.52. The third kappa shape index (κ3) is 3.13. The van der Waals surface area contributed by atoms with E-state index in [0.717, 1.165) is 42.0 Å². The summed E-state index contributed by atoms with van der Waals surface area (Å²) in [6.07, 6.45) is 1.11. The van der Waals surface area contributed by atoms with Crippen molar-refractivity contribution in [1.82, 2.24) is 4.90 Å². The molecule has 1 aliphatic rings. The van der Waals surface area contributed by atoms with Crippen LogP contribution in [0.5, 0.6) is 11.5 Å². The molecule has 2 aromatic rings. The molecule has 0 saturated carbocycles. The van der Waals surface area contributed by atoms with Gasteiger partial charge in [-0.05, 0) is 35.2 Å². The van der Waals surface area contributed by atoms with Crippen LogP contribution in [0.25, 0.3) is 0 Å². The van der Waals surface area contributed by atoms with Crippen LogP contribution in [0.15, 0.2) is 40.9 Å². The number of nitrogens with zero attached hydrogens (tertiary/aromatic N) is 1. The minimum Gasteiger partial charge on any atom is -0.493 e. The average molecular weight is 362 g/mol. The lowest BCUT2D eigenvalue weighted by Crippen LogP contribution is -2.30. The number of benzene rings is 2. The molecule has 3 nitrogen and oxygen atoms in total. The van der Waals surface area contributed by atoms with Crippen molar-refractivity contribution in [3.8, 4) is 11.5 Å². The van der Waals surface area contributed by atoms with Crippen LogP contribution in [0.2, 0.25) is 0 Å². The Morgan fingerprint density at radius 1 is 1.05 bits per heavy atom. The SMILES string of the molecule is COc1cc(Br)c(CN2CCc3ccccc3C2)cc1OC. The van der Waals surface area contributed by atoms with Gasteiger partial charge in [0.2, 0.25) is 0 Å². The zero-order valence-electron chi connectivity index (χ0n) is 12.9. The monoisotopic (exact) mass is 361 g/mol. The quantitative estimate of drug-likeness (QED) is 0.820. The van der Waals surface area contributed by atoms with Gasteiger partial charge in [0.1, 0.15) is 0 Å². The van der Waals surface area contributed by atoms with E-state index < -0.39 is 0 Å². The zero-order chi connectivity index (χ0) is 15.5. The highest BCUT2D eigenvalue weighted by molar-refractivity contribution is 9.10. The van der Waals surface area contributed by atoms with Gasteiger partial charge in [0.25, 0.3) is 0 Å². The van der Waals surface area contributed by atoms with Crippen LogP contribution in [0.4, 0.5) is 0 Å². The summed E-state index contributed by atoms with van der Waals surface area (Å²) in [6, 6.07) is 12.7. The van der Waals surface area contributed by atoms with Crippen molar-refractivity contribution in [2.75, 3.05) is 20.8 Å². The normalized spacial score (nSPS) is 14.5. The second-order valence-electron chi connectivity index (χ2n) is 5.53. The van der Waals surface area contributed by atoms with Crippen LogP contribution in [-0.2, 0) is 19.5 Å². The maximum Gasteiger partial charge on any atom is 0.161 e. The molecule has 1 aliphatic heterocycles. The molecule has 0 spiro atoms. The molecule has 1 heterocycles. The lowest BCUT2D eigenvalue weighted by molar-refractivity contribution is 0.244. The van der Waals surface area contributed by atoms with E-state index in [1.165, 1.54) is 16.7 Å². The largest absolute Gasteiger partial charge is 0.493 e. The Kier molecular flexibility index (Phi) is 4.69. The molecule has 0 atom stereocenters. The maximum atomic E-state index is 5.41. The summed E-state index contributed by atoms with van der Waals surface area (Å²) in [4.78, 5) is 2.47. The van der Waals surface area contributed by atoms with Crippen LogP contribution in [0, 0.1) is 0 Å². The first-order chi connectivity index (χ1) is 10.7.